The van der Waals surface area contributed by atoms with Gasteiger partial charge in [0.05, 0.1) is 23.4 Å². The van der Waals surface area contributed by atoms with Crippen LogP contribution in [0.3, 0.4) is 0 Å². The van der Waals surface area contributed by atoms with Crippen LogP contribution in [0.5, 0.6) is 0 Å². The van der Waals surface area contributed by atoms with Crippen molar-refractivity contribution in [1.29, 1.82) is 0 Å². The number of amides is 1. The van der Waals surface area contributed by atoms with Gasteiger partial charge in [0, 0.05) is 32.4 Å². The number of hydrogen-bond donors (Lipinski definition) is 0. The van der Waals surface area contributed by atoms with Crippen molar-refractivity contribution in [2.24, 2.45) is 0 Å². The highest BCUT2D eigenvalue weighted by Crippen LogP contribution is 2.30. The first-order valence-electron chi connectivity index (χ1n) is 10.1. The normalized spacial score (nSPS) is 14.7. The van der Waals surface area contributed by atoms with Crippen molar-refractivity contribution in [3.05, 3.63) is 76.2 Å². The molecule has 6 nitrogen and oxygen atoms in total. The molecule has 32 heavy (non-hydrogen) atoms. The maximum atomic E-state index is 13.1. The van der Waals surface area contributed by atoms with Crippen LogP contribution in [-0.4, -0.2) is 51.8 Å². The molecule has 0 unspecified atom stereocenters. The smallest absolute Gasteiger partial charge is 0.353 e. The lowest BCUT2D eigenvalue weighted by molar-refractivity contribution is -0.137. The lowest BCUT2D eigenvalue weighted by Gasteiger charge is -2.35. The summed E-state index contributed by atoms with van der Waals surface area (Å²) in [5.74, 6) is 0.252. The van der Waals surface area contributed by atoms with Gasteiger partial charge in [-0.1, -0.05) is 41.9 Å². The number of alkyl halides is 3. The minimum absolute atomic E-state index is 0.202. The Morgan fingerprint density at radius 1 is 1.06 bits per heavy atom. The van der Waals surface area contributed by atoms with Crippen LogP contribution >= 0.6 is 11.6 Å². The van der Waals surface area contributed by atoms with Crippen molar-refractivity contribution in [3.63, 3.8) is 0 Å². The molecule has 168 valence electrons. The Morgan fingerprint density at radius 3 is 2.34 bits per heavy atom. The van der Waals surface area contributed by atoms with E-state index in [9.17, 15) is 18.0 Å². The van der Waals surface area contributed by atoms with Gasteiger partial charge >= 0.3 is 6.18 Å². The molecule has 0 N–H and O–H groups in total. The second kappa shape index (κ2) is 8.82. The third-order valence-corrected chi connectivity index (χ3v) is 5.80. The number of halogens is 4. The first kappa shape index (κ1) is 22.1. The predicted molar refractivity (Wildman–Crippen MR) is 115 cm³/mol. The lowest BCUT2D eigenvalue weighted by atomic mass is 10.2. The van der Waals surface area contributed by atoms with Crippen LogP contribution in [0.25, 0.3) is 0 Å². The van der Waals surface area contributed by atoms with Gasteiger partial charge in [0.15, 0.2) is 0 Å². The van der Waals surface area contributed by atoms with E-state index in [0.717, 1.165) is 17.8 Å². The maximum Gasteiger partial charge on any atom is 0.417 e. The molecule has 0 spiro atoms. The van der Waals surface area contributed by atoms with Crippen LogP contribution in [0.4, 0.5) is 19.0 Å². The number of hydrogen-bond acceptors (Lipinski definition) is 4. The molecule has 0 saturated carbocycles. The van der Waals surface area contributed by atoms with Crippen molar-refractivity contribution in [1.82, 2.24) is 19.7 Å². The molecule has 2 aromatic heterocycles. The fraction of sp³-hybridized carbons (Fsp3) is 0.318. The van der Waals surface area contributed by atoms with E-state index in [1.807, 2.05) is 35.2 Å². The molecule has 1 aromatic carbocycles. The van der Waals surface area contributed by atoms with Gasteiger partial charge in [-0.3, -0.25) is 4.79 Å². The zero-order chi connectivity index (χ0) is 22.9. The minimum atomic E-state index is -4.42. The molecule has 1 saturated heterocycles. The first-order valence-corrected chi connectivity index (χ1v) is 10.5. The van der Waals surface area contributed by atoms with E-state index in [2.05, 4.69) is 10.1 Å². The number of aromatic nitrogens is 3. The highest BCUT2D eigenvalue weighted by Gasteiger charge is 2.32. The number of benzene rings is 1. The predicted octanol–water partition coefficient (Wildman–Crippen LogP) is 4.27. The molecule has 0 bridgehead atoms. The topological polar surface area (TPSA) is 54.3 Å². The van der Waals surface area contributed by atoms with Gasteiger partial charge in [0.1, 0.15) is 11.0 Å². The molecule has 1 aliphatic rings. The second-order valence-corrected chi connectivity index (χ2v) is 7.93. The molecule has 1 aliphatic heterocycles. The van der Waals surface area contributed by atoms with Crippen molar-refractivity contribution in [3.8, 4) is 0 Å². The Bertz CT molecular complexity index is 1090. The number of carbonyl (C=O) groups is 1. The van der Waals surface area contributed by atoms with Crippen LogP contribution in [-0.2, 0) is 12.7 Å². The number of anilines is 1. The van der Waals surface area contributed by atoms with Gasteiger partial charge in [-0.25, -0.2) is 9.67 Å². The van der Waals surface area contributed by atoms with E-state index in [1.54, 1.807) is 16.5 Å². The average Bonchev–Trinajstić information content (AvgIpc) is 3.06. The Hall–Kier alpha value is -3.07. The van der Waals surface area contributed by atoms with Gasteiger partial charge in [-0.2, -0.15) is 18.3 Å². The third-order valence-electron chi connectivity index (χ3n) is 5.42. The minimum Gasteiger partial charge on any atom is -0.353 e. The van der Waals surface area contributed by atoms with Gasteiger partial charge in [0.2, 0.25) is 0 Å². The average molecular weight is 464 g/mol. The summed E-state index contributed by atoms with van der Waals surface area (Å²) in [6.07, 6.45) is -3.59. The fourth-order valence-corrected chi connectivity index (χ4v) is 4.01. The van der Waals surface area contributed by atoms with Crippen molar-refractivity contribution in [2.75, 3.05) is 31.1 Å². The fourth-order valence-electron chi connectivity index (χ4n) is 3.69. The molecule has 0 aliphatic carbocycles. The summed E-state index contributed by atoms with van der Waals surface area (Å²) in [7, 11) is 0. The van der Waals surface area contributed by atoms with E-state index >= 15 is 0 Å². The summed E-state index contributed by atoms with van der Waals surface area (Å²) in [6.45, 7) is 3.93. The molecular formula is C22H21ClF3N5O. The summed E-state index contributed by atoms with van der Waals surface area (Å²) in [4.78, 5) is 20.6. The number of nitrogens with zero attached hydrogens (tertiary/aromatic N) is 5. The molecule has 3 heterocycles. The van der Waals surface area contributed by atoms with E-state index in [-0.39, 0.29) is 5.91 Å². The van der Waals surface area contributed by atoms with Crippen LogP contribution in [0.2, 0.25) is 5.15 Å². The van der Waals surface area contributed by atoms with E-state index in [1.165, 1.54) is 6.07 Å². The molecule has 3 aromatic rings. The third kappa shape index (κ3) is 4.57. The van der Waals surface area contributed by atoms with Crippen molar-refractivity contribution in [2.45, 2.75) is 19.6 Å². The Balaban J connectivity index is 1.42. The van der Waals surface area contributed by atoms with E-state index in [4.69, 9.17) is 11.6 Å². The van der Waals surface area contributed by atoms with Crippen LogP contribution < -0.4 is 4.90 Å². The summed E-state index contributed by atoms with van der Waals surface area (Å²) in [5, 5.41) is 4.73. The number of aryl methyl sites for hydroxylation is 1. The monoisotopic (exact) mass is 463 g/mol. The molecule has 4 rings (SSSR count). The first-order chi connectivity index (χ1) is 15.2. The quantitative estimate of drug-likeness (QED) is 0.580. The van der Waals surface area contributed by atoms with Gasteiger partial charge < -0.3 is 9.80 Å². The zero-order valence-electron chi connectivity index (χ0n) is 17.3. The largest absolute Gasteiger partial charge is 0.417 e. The lowest BCUT2D eigenvalue weighted by Crippen LogP contribution is -2.49. The van der Waals surface area contributed by atoms with Gasteiger partial charge in [-0.15, -0.1) is 0 Å². The Labute approximate surface area is 188 Å². The molecule has 0 atom stereocenters. The SMILES string of the molecule is Cc1nn(Cc2ccccc2)c(Cl)c1C(=O)N1CCN(c2ccc(C(F)(F)F)cn2)CC1. The second-order valence-electron chi connectivity index (χ2n) is 7.58. The van der Waals surface area contributed by atoms with Crippen molar-refractivity contribution < 1.29 is 18.0 Å². The highest BCUT2D eigenvalue weighted by atomic mass is 35.5. The summed E-state index contributed by atoms with van der Waals surface area (Å²) in [6, 6.07) is 12.1. The Morgan fingerprint density at radius 2 is 1.75 bits per heavy atom. The molecule has 1 amide bonds. The maximum absolute atomic E-state index is 13.1. The van der Waals surface area contributed by atoms with E-state index in [0.29, 0.717) is 55.0 Å². The number of piperazine rings is 1. The van der Waals surface area contributed by atoms with E-state index < -0.39 is 11.7 Å². The molecule has 1 fully saturated rings. The Kier molecular flexibility index (Phi) is 6.10. The van der Waals surface area contributed by atoms with Crippen LogP contribution in [0.15, 0.2) is 48.7 Å². The molecule has 10 heteroatoms. The summed E-state index contributed by atoms with van der Waals surface area (Å²) < 4.78 is 39.8. The zero-order valence-corrected chi connectivity index (χ0v) is 18.1. The van der Waals surface area contributed by atoms with Crippen LogP contribution in [0.1, 0.15) is 27.2 Å². The standard InChI is InChI=1S/C22H21ClF3N5O/c1-15-19(20(23)31(28-15)14-16-5-3-2-4-6-16)21(32)30-11-9-29(10-12-30)18-8-7-17(13-27-18)22(24,25)26/h2-8,13H,9-12,14H2,1H3. The van der Waals surface area contributed by atoms with Crippen LogP contribution in [0, 0.1) is 6.92 Å². The molecule has 0 radical (unpaired) electrons. The number of rotatable bonds is 4. The van der Waals surface area contributed by atoms with Crippen molar-refractivity contribution >= 4 is 23.3 Å². The number of carbonyl (C=O) groups excluding carboxylic acids is 1. The highest BCUT2D eigenvalue weighted by molar-refractivity contribution is 6.33. The number of pyridine rings is 1. The summed E-state index contributed by atoms with van der Waals surface area (Å²) >= 11 is 6.51. The van der Waals surface area contributed by atoms with Gasteiger partial charge in [0.25, 0.3) is 5.91 Å². The summed E-state index contributed by atoms with van der Waals surface area (Å²) in [5.41, 5.74) is 1.17. The van der Waals surface area contributed by atoms with Gasteiger partial charge in [-0.05, 0) is 24.6 Å². The molecular weight excluding hydrogens is 443 g/mol.